The van der Waals surface area contributed by atoms with E-state index >= 15 is 0 Å². The normalized spacial score (nSPS) is 20.4. The van der Waals surface area contributed by atoms with Gasteiger partial charge in [-0.2, -0.15) is 4.31 Å². The van der Waals surface area contributed by atoms with Crippen molar-refractivity contribution < 1.29 is 40.7 Å². The predicted octanol–water partition coefficient (Wildman–Crippen LogP) is 4.09. The number of amides is 4. The van der Waals surface area contributed by atoms with E-state index in [2.05, 4.69) is 15.0 Å². The van der Waals surface area contributed by atoms with E-state index in [-0.39, 0.29) is 43.2 Å². The molecule has 2 fully saturated rings. The van der Waals surface area contributed by atoms with Crippen LogP contribution in [0, 0.1) is 13.8 Å². The lowest BCUT2D eigenvalue weighted by atomic mass is 9.89. The van der Waals surface area contributed by atoms with Crippen molar-refractivity contribution in [2.24, 2.45) is 4.99 Å². The Morgan fingerprint density at radius 2 is 1.64 bits per heavy atom. The number of hydrogen-bond acceptors (Lipinski definition) is 7. The van der Waals surface area contributed by atoms with Crippen molar-refractivity contribution in [1.29, 1.82) is 0 Å². The molecule has 5 rings (SSSR count). The van der Waals surface area contributed by atoms with Gasteiger partial charge in [0.1, 0.15) is 22.7 Å². The second-order valence-electron chi connectivity index (χ2n) is 11.8. The monoisotopic (exact) mass is 647 g/mol. The second-order valence-corrected chi connectivity index (χ2v) is 13.6. The largest absolute Gasteiger partial charge is 0.573 e. The maximum Gasteiger partial charge on any atom is 0.573 e. The molecule has 0 aromatic heterocycles. The molecule has 0 unspecified atom stereocenters. The Hall–Kier alpha value is -4.24. The average Bonchev–Trinajstić information content (AvgIpc) is 3.33. The number of ether oxygens (including phenoxy) is 1. The smallest absolute Gasteiger partial charge is 0.406 e. The molecular formula is C30H32F3N5O6S. The number of sulfonamides is 1. The number of rotatable bonds is 6. The molecule has 0 saturated carbocycles. The summed E-state index contributed by atoms with van der Waals surface area (Å²) in [7, 11) is -2.35. The third-order valence-electron chi connectivity index (χ3n) is 8.52. The van der Waals surface area contributed by atoms with E-state index in [0.717, 1.165) is 22.4 Å². The summed E-state index contributed by atoms with van der Waals surface area (Å²) in [4.78, 5) is 45.7. The fourth-order valence-corrected chi connectivity index (χ4v) is 6.82. The van der Waals surface area contributed by atoms with Crippen LogP contribution in [0.1, 0.15) is 48.9 Å². The van der Waals surface area contributed by atoms with Crippen LogP contribution in [0.5, 0.6) is 5.75 Å². The van der Waals surface area contributed by atoms with Crippen molar-refractivity contribution in [3.63, 3.8) is 0 Å². The molecule has 15 heteroatoms. The van der Waals surface area contributed by atoms with Gasteiger partial charge in [0.15, 0.2) is 0 Å². The predicted molar refractivity (Wildman–Crippen MR) is 160 cm³/mol. The van der Waals surface area contributed by atoms with E-state index in [1.807, 2.05) is 0 Å². The van der Waals surface area contributed by atoms with Crippen molar-refractivity contribution in [3.8, 4) is 5.75 Å². The molecule has 2 aromatic rings. The molecule has 0 atom stereocenters. The first kappa shape index (κ1) is 32.2. The van der Waals surface area contributed by atoms with Gasteiger partial charge in [-0.15, -0.1) is 13.2 Å². The topological polar surface area (TPSA) is 129 Å². The standard InChI is InChI=1S/C30H32F3N5O6S/c1-18-15-21(38-26(40)28(3,4)36(5)27(38)41)16-19(2)23(18)9-14-45(42,43)37-12-10-29(11-13-37)25(39)34-24(35-29)20-7-6-8-22(17-20)44-30(31,32)33/h6-9,14-17H,10-13H2,1-5H3,(H,34,35,39). The zero-order chi connectivity index (χ0) is 33.1. The molecule has 11 nitrogen and oxygen atoms in total. The summed E-state index contributed by atoms with van der Waals surface area (Å²) in [6.45, 7) is 6.83. The molecule has 2 aromatic carbocycles. The lowest BCUT2D eigenvalue weighted by Gasteiger charge is -2.34. The zero-order valence-electron chi connectivity index (χ0n) is 25.2. The second kappa shape index (κ2) is 11.0. The Balaban J connectivity index is 1.29. The lowest BCUT2D eigenvalue weighted by molar-refractivity contribution is -0.274. The number of aryl methyl sites for hydroxylation is 2. The van der Waals surface area contributed by atoms with Gasteiger partial charge >= 0.3 is 12.4 Å². The number of aliphatic imine (C=N–C) groups is 1. The average molecular weight is 648 g/mol. The van der Waals surface area contributed by atoms with Gasteiger partial charge < -0.3 is 15.0 Å². The number of nitrogens with one attached hydrogen (secondary N) is 1. The number of carbonyl (C=O) groups is 3. The number of halogens is 3. The molecule has 2 saturated heterocycles. The quantitative estimate of drug-likeness (QED) is 0.471. The van der Waals surface area contributed by atoms with Crippen LogP contribution >= 0.6 is 0 Å². The van der Waals surface area contributed by atoms with Crippen molar-refractivity contribution in [1.82, 2.24) is 14.5 Å². The molecule has 3 aliphatic rings. The van der Waals surface area contributed by atoms with Gasteiger partial charge in [-0.1, -0.05) is 12.1 Å². The maximum atomic E-state index is 13.3. The van der Waals surface area contributed by atoms with Crippen LogP contribution in [0.2, 0.25) is 0 Å². The van der Waals surface area contributed by atoms with E-state index < -0.39 is 45.2 Å². The number of nitrogens with zero attached hydrogens (tertiary/aromatic N) is 4. The van der Waals surface area contributed by atoms with Crippen LogP contribution in [0.4, 0.5) is 23.7 Å². The lowest BCUT2D eigenvalue weighted by Crippen LogP contribution is -2.50. The van der Waals surface area contributed by atoms with Gasteiger partial charge in [0, 0.05) is 31.1 Å². The Bertz CT molecular complexity index is 1740. The Kier molecular flexibility index (Phi) is 7.85. The van der Waals surface area contributed by atoms with Crippen LogP contribution < -0.4 is 15.0 Å². The third-order valence-corrected chi connectivity index (χ3v) is 10.1. The number of anilines is 1. The summed E-state index contributed by atoms with van der Waals surface area (Å²) in [5, 5.41) is 3.70. The molecule has 4 amide bonds. The molecule has 0 aliphatic carbocycles. The van der Waals surface area contributed by atoms with Gasteiger partial charge in [0.25, 0.3) is 11.8 Å². The molecule has 3 heterocycles. The molecule has 45 heavy (non-hydrogen) atoms. The number of urea groups is 1. The van der Waals surface area contributed by atoms with E-state index in [0.29, 0.717) is 22.4 Å². The van der Waals surface area contributed by atoms with Crippen LogP contribution in [0.15, 0.2) is 46.8 Å². The summed E-state index contributed by atoms with van der Waals surface area (Å²) in [6, 6.07) is 7.96. The Morgan fingerprint density at radius 3 is 2.20 bits per heavy atom. The van der Waals surface area contributed by atoms with Crippen LogP contribution in [-0.2, 0) is 19.6 Å². The van der Waals surface area contributed by atoms with E-state index in [4.69, 9.17) is 0 Å². The number of imide groups is 1. The number of hydrogen-bond donors (Lipinski definition) is 1. The number of piperidine rings is 1. The van der Waals surface area contributed by atoms with Gasteiger partial charge in [-0.25, -0.2) is 18.1 Å². The molecule has 0 radical (unpaired) electrons. The zero-order valence-corrected chi connectivity index (χ0v) is 26.0. The first-order valence-electron chi connectivity index (χ1n) is 14.0. The van der Waals surface area contributed by atoms with Crippen LogP contribution in [0.25, 0.3) is 6.08 Å². The first-order valence-corrected chi connectivity index (χ1v) is 15.5. The van der Waals surface area contributed by atoms with Crippen LogP contribution in [0.3, 0.4) is 0 Å². The number of alkyl halides is 3. The first-order chi connectivity index (χ1) is 20.8. The minimum absolute atomic E-state index is 0.00646. The van der Waals surface area contributed by atoms with E-state index in [9.17, 15) is 36.0 Å². The van der Waals surface area contributed by atoms with E-state index in [1.54, 1.807) is 46.9 Å². The highest BCUT2D eigenvalue weighted by atomic mass is 32.2. The number of amidine groups is 1. The summed E-state index contributed by atoms with van der Waals surface area (Å²) >= 11 is 0. The fraction of sp³-hybridized carbons (Fsp3) is 0.400. The SMILES string of the molecule is Cc1cc(N2C(=O)N(C)C(C)(C)C2=O)cc(C)c1C=CS(=O)(=O)N1CCC2(CC1)N=C(c1cccc(OC(F)(F)F)c1)NC2=O. The van der Waals surface area contributed by atoms with Crippen molar-refractivity contribution >= 4 is 45.5 Å². The number of likely N-dealkylation sites (N-methyl/N-ethyl adjacent to an activating group) is 1. The minimum Gasteiger partial charge on any atom is -0.406 e. The summed E-state index contributed by atoms with van der Waals surface area (Å²) in [5.74, 6) is -1.19. The molecule has 3 aliphatic heterocycles. The van der Waals surface area contributed by atoms with Gasteiger partial charge in [-0.05, 0) is 87.6 Å². The molecule has 1 N–H and O–H groups in total. The van der Waals surface area contributed by atoms with Crippen LogP contribution in [-0.4, -0.2) is 78.9 Å². The van der Waals surface area contributed by atoms with Gasteiger partial charge in [0.05, 0.1) is 5.69 Å². The van der Waals surface area contributed by atoms with Crippen molar-refractivity contribution in [2.75, 3.05) is 25.0 Å². The number of benzene rings is 2. The van der Waals surface area contributed by atoms with Gasteiger partial charge in [0.2, 0.25) is 10.0 Å². The van der Waals surface area contributed by atoms with Gasteiger partial charge in [-0.3, -0.25) is 14.6 Å². The van der Waals surface area contributed by atoms with Crippen molar-refractivity contribution in [3.05, 3.63) is 64.1 Å². The summed E-state index contributed by atoms with van der Waals surface area (Å²) in [5.41, 5.74) is 0.318. The molecule has 1 spiro atoms. The highest BCUT2D eigenvalue weighted by Crippen LogP contribution is 2.35. The molecular weight excluding hydrogens is 615 g/mol. The Morgan fingerprint density at radius 1 is 1.02 bits per heavy atom. The maximum absolute atomic E-state index is 13.3. The summed E-state index contributed by atoms with van der Waals surface area (Å²) in [6.07, 6.45) is -3.27. The fourth-order valence-electron chi connectivity index (χ4n) is 5.65. The highest BCUT2D eigenvalue weighted by Gasteiger charge is 2.50. The highest BCUT2D eigenvalue weighted by molar-refractivity contribution is 7.92. The molecule has 240 valence electrons. The molecule has 0 bridgehead atoms. The summed E-state index contributed by atoms with van der Waals surface area (Å²) < 4.78 is 69.7. The minimum atomic E-state index is -4.88. The van der Waals surface area contributed by atoms with Crippen molar-refractivity contribution in [2.45, 2.75) is 58.0 Å². The number of carbonyl (C=O) groups excluding carboxylic acids is 3. The third kappa shape index (κ3) is 5.93. The van der Waals surface area contributed by atoms with E-state index in [1.165, 1.54) is 27.4 Å². The Labute approximate surface area is 258 Å².